The topological polar surface area (TPSA) is 79.6 Å². The third-order valence-electron chi connectivity index (χ3n) is 6.14. The van der Waals surface area contributed by atoms with Crippen molar-refractivity contribution in [3.8, 4) is 0 Å². The molecule has 1 fully saturated rings. The maximum Gasteiger partial charge on any atom is 0.278 e. The molecule has 1 aliphatic carbocycles. The molecule has 3 heterocycles. The minimum Gasteiger partial charge on any atom is -0.352 e. The fraction of sp³-hybridized carbons (Fsp3) is 0.455. The van der Waals surface area contributed by atoms with Gasteiger partial charge in [-0.1, -0.05) is 29.5 Å². The molecule has 1 N–H and O–H groups in total. The highest BCUT2D eigenvalue weighted by molar-refractivity contribution is 7.20. The average Bonchev–Trinajstić information content (AvgIpc) is 3.23. The molecule has 1 aliphatic heterocycles. The van der Waals surface area contributed by atoms with Gasteiger partial charge in [0.2, 0.25) is 16.0 Å². The van der Waals surface area contributed by atoms with Crippen LogP contribution in [0.5, 0.6) is 0 Å². The van der Waals surface area contributed by atoms with Gasteiger partial charge in [-0.3, -0.25) is 9.59 Å². The molecule has 31 heavy (non-hydrogen) atoms. The standard InChI is InChI=1S/C22H24FN5O2S/c23-17-9-3-1-6-14(17)12-24-19(29)15-7-5-11-27(13-15)22-26-28-20(30)16-8-2-4-10-18(16)25-21(28)31-22/h1,3,6,9,15H,2,4-5,7-8,10-13H2,(H,24,29). The molecule has 0 radical (unpaired) electrons. The van der Waals surface area contributed by atoms with E-state index in [4.69, 9.17) is 4.98 Å². The third-order valence-corrected chi connectivity index (χ3v) is 7.11. The van der Waals surface area contributed by atoms with Gasteiger partial charge in [0.15, 0.2) is 0 Å². The number of benzene rings is 1. The van der Waals surface area contributed by atoms with Gasteiger partial charge >= 0.3 is 0 Å². The fourth-order valence-electron chi connectivity index (χ4n) is 4.42. The predicted molar refractivity (Wildman–Crippen MR) is 117 cm³/mol. The fourth-order valence-corrected chi connectivity index (χ4v) is 5.37. The lowest BCUT2D eigenvalue weighted by Crippen LogP contribution is -2.43. The van der Waals surface area contributed by atoms with E-state index in [-0.39, 0.29) is 29.7 Å². The van der Waals surface area contributed by atoms with Crippen LogP contribution < -0.4 is 15.8 Å². The molecular weight excluding hydrogens is 417 g/mol. The van der Waals surface area contributed by atoms with E-state index in [9.17, 15) is 14.0 Å². The lowest BCUT2D eigenvalue weighted by Gasteiger charge is -2.31. The monoisotopic (exact) mass is 441 g/mol. The summed E-state index contributed by atoms with van der Waals surface area (Å²) < 4.78 is 15.2. The SMILES string of the molecule is O=C(NCc1ccccc1F)C1CCCN(c2nn3c(=O)c4c(nc3s2)CCCC4)C1. The van der Waals surface area contributed by atoms with Crippen molar-refractivity contribution in [1.82, 2.24) is 19.9 Å². The second-order valence-corrected chi connectivity index (χ2v) is 9.16. The van der Waals surface area contributed by atoms with Gasteiger partial charge in [-0.2, -0.15) is 4.52 Å². The largest absolute Gasteiger partial charge is 0.352 e. The number of rotatable bonds is 4. The van der Waals surface area contributed by atoms with E-state index in [2.05, 4.69) is 15.3 Å². The zero-order valence-electron chi connectivity index (χ0n) is 17.1. The number of nitrogens with zero attached hydrogens (tertiary/aromatic N) is 4. The number of amides is 1. The van der Waals surface area contributed by atoms with Crippen LogP contribution >= 0.6 is 11.3 Å². The van der Waals surface area contributed by atoms with Crippen LogP contribution in [0.25, 0.3) is 4.96 Å². The van der Waals surface area contributed by atoms with Crippen LogP contribution in [0.4, 0.5) is 9.52 Å². The lowest BCUT2D eigenvalue weighted by molar-refractivity contribution is -0.125. The Hall–Kier alpha value is -2.81. The molecule has 1 amide bonds. The van der Waals surface area contributed by atoms with Gasteiger partial charge in [0.25, 0.3) is 5.56 Å². The number of hydrogen-bond donors (Lipinski definition) is 1. The lowest BCUT2D eigenvalue weighted by atomic mass is 9.97. The van der Waals surface area contributed by atoms with Crippen molar-refractivity contribution < 1.29 is 9.18 Å². The van der Waals surface area contributed by atoms with Crippen molar-refractivity contribution >= 4 is 27.3 Å². The van der Waals surface area contributed by atoms with Crippen molar-refractivity contribution in [1.29, 1.82) is 0 Å². The van der Waals surface area contributed by atoms with E-state index in [1.54, 1.807) is 18.2 Å². The van der Waals surface area contributed by atoms with Crippen LogP contribution in [0, 0.1) is 11.7 Å². The summed E-state index contributed by atoms with van der Waals surface area (Å²) in [4.78, 5) is 32.9. The predicted octanol–water partition coefficient (Wildman–Crippen LogP) is 2.70. The van der Waals surface area contributed by atoms with Gasteiger partial charge in [0, 0.05) is 30.8 Å². The quantitative estimate of drug-likeness (QED) is 0.674. The number of halogens is 1. The second-order valence-electron chi connectivity index (χ2n) is 8.22. The molecule has 9 heteroatoms. The van der Waals surface area contributed by atoms with Crippen LogP contribution in [0.2, 0.25) is 0 Å². The number of carbonyl (C=O) groups is 1. The Morgan fingerprint density at radius 1 is 1.23 bits per heavy atom. The first-order valence-electron chi connectivity index (χ1n) is 10.8. The summed E-state index contributed by atoms with van der Waals surface area (Å²) in [5, 5.41) is 8.13. The normalized spacial score (nSPS) is 18.7. The molecule has 1 aromatic carbocycles. The molecule has 1 saturated heterocycles. The molecule has 0 saturated carbocycles. The summed E-state index contributed by atoms with van der Waals surface area (Å²) in [6, 6.07) is 6.46. The van der Waals surface area contributed by atoms with E-state index in [0.29, 0.717) is 17.1 Å². The number of piperidine rings is 1. The number of anilines is 1. The maximum atomic E-state index is 13.8. The van der Waals surface area contributed by atoms with E-state index in [1.165, 1.54) is 21.9 Å². The smallest absolute Gasteiger partial charge is 0.278 e. The van der Waals surface area contributed by atoms with Crippen LogP contribution in [0.1, 0.15) is 42.5 Å². The molecule has 1 atom stereocenters. The van der Waals surface area contributed by atoms with E-state index >= 15 is 0 Å². The molecule has 7 nitrogen and oxygen atoms in total. The van der Waals surface area contributed by atoms with Crippen LogP contribution in [-0.2, 0) is 24.2 Å². The van der Waals surface area contributed by atoms with Gasteiger partial charge < -0.3 is 10.2 Å². The van der Waals surface area contributed by atoms with Gasteiger partial charge in [0.05, 0.1) is 11.6 Å². The molecule has 2 aromatic heterocycles. The number of fused-ring (bicyclic) bond motifs is 2. The third kappa shape index (κ3) is 3.94. The van der Waals surface area contributed by atoms with E-state index in [0.717, 1.165) is 61.5 Å². The van der Waals surface area contributed by atoms with Crippen molar-refractivity contribution in [3.05, 3.63) is 57.3 Å². The first kappa shape index (κ1) is 20.1. The average molecular weight is 442 g/mol. The summed E-state index contributed by atoms with van der Waals surface area (Å²) >= 11 is 1.40. The Labute approximate surface area is 182 Å². The molecule has 2 aliphatic rings. The summed E-state index contributed by atoms with van der Waals surface area (Å²) in [6.07, 6.45) is 5.33. The zero-order valence-corrected chi connectivity index (χ0v) is 18.0. The minimum absolute atomic E-state index is 0.0570. The number of aryl methyl sites for hydroxylation is 1. The first-order valence-corrected chi connectivity index (χ1v) is 11.6. The van der Waals surface area contributed by atoms with Gasteiger partial charge in [-0.15, -0.1) is 5.10 Å². The van der Waals surface area contributed by atoms with E-state index in [1.807, 2.05) is 0 Å². The summed E-state index contributed by atoms with van der Waals surface area (Å²) in [6.45, 7) is 1.48. The number of hydrogen-bond acceptors (Lipinski definition) is 6. The minimum atomic E-state index is -0.316. The molecule has 0 spiro atoms. The van der Waals surface area contributed by atoms with Gasteiger partial charge in [-0.05, 0) is 44.6 Å². The number of carbonyl (C=O) groups excluding carboxylic acids is 1. The Morgan fingerprint density at radius 2 is 2.06 bits per heavy atom. The van der Waals surface area contributed by atoms with Crippen molar-refractivity contribution in [2.75, 3.05) is 18.0 Å². The molecule has 1 unspecified atom stereocenters. The number of aromatic nitrogens is 3. The second kappa shape index (κ2) is 8.37. The highest BCUT2D eigenvalue weighted by atomic mass is 32.1. The summed E-state index contributed by atoms with van der Waals surface area (Å²) in [5.41, 5.74) is 2.13. The van der Waals surface area contributed by atoms with Gasteiger partial charge in [0.1, 0.15) is 5.82 Å². The Morgan fingerprint density at radius 3 is 2.94 bits per heavy atom. The Kier molecular flexibility index (Phi) is 5.43. The maximum absolute atomic E-state index is 13.8. The van der Waals surface area contributed by atoms with Crippen molar-refractivity contribution in [2.24, 2.45) is 5.92 Å². The molecule has 162 valence electrons. The molecule has 3 aromatic rings. The van der Waals surface area contributed by atoms with Gasteiger partial charge in [-0.25, -0.2) is 9.37 Å². The van der Waals surface area contributed by atoms with E-state index < -0.39 is 0 Å². The highest BCUT2D eigenvalue weighted by Crippen LogP contribution is 2.28. The van der Waals surface area contributed by atoms with Crippen LogP contribution in [0.3, 0.4) is 0 Å². The van der Waals surface area contributed by atoms with Crippen LogP contribution in [0.15, 0.2) is 29.1 Å². The summed E-state index contributed by atoms with van der Waals surface area (Å²) in [5.74, 6) is -0.603. The van der Waals surface area contributed by atoms with Crippen molar-refractivity contribution in [2.45, 2.75) is 45.1 Å². The van der Waals surface area contributed by atoms with Crippen LogP contribution in [-0.4, -0.2) is 33.6 Å². The number of nitrogens with one attached hydrogen (secondary N) is 1. The molecule has 0 bridgehead atoms. The molecular formula is C22H24FN5O2S. The highest BCUT2D eigenvalue weighted by Gasteiger charge is 2.28. The summed E-state index contributed by atoms with van der Waals surface area (Å²) in [7, 11) is 0. The van der Waals surface area contributed by atoms with Crippen molar-refractivity contribution in [3.63, 3.8) is 0 Å². The molecule has 5 rings (SSSR count). The first-order chi connectivity index (χ1) is 15.1. The Bertz CT molecular complexity index is 1190. The Balaban J connectivity index is 1.31. The zero-order chi connectivity index (χ0) is 21.4.